The summed E-state index contributed by atoms with van der Waals surface area (Å²) < 4.78 is 2.12. The van der Waals surface area contributed by atoms with Crippen LogP contribution in [0.5, 0.6) is 0 Å². The molecule has 124 valence electrons. The predicted molar refractivity (Wildman–Crippen MR) is 93.6 cm³/mol. The minimum atomic E-state index is -0.0429. The third-order valence-electron chi connectivity index (χ3n) is 4.32. The molecule has 0 amide bonds. The molecule has 3 rings (SSSR count). The zero-order chi connectivity index (χ0) is 16.6. The second-order valence-corrected chi connectivity index (χ2v) is 8.60. The number of nitrogens with zero attached hydrogens (tertiary/aromatic N) is 3. The molecule has 1 N–H and O–H groups in total. The Morgan fingerprint density at radius 2 is 1.87 bits per heavy atom. The van der Waals surface area contributed by atoms with Gasteiger partial charge >= 0.3 is 0 Å². The van der Waals surface area contributed by atoms with E-state index in [9.17, 15) is 5.11 Å². The van der Waals surface area contributed by atoms with Gasteiger partial charge in [0, 0.05) is 11.3 Å². The van der Waals surface area contributed by atoms with Gasteiger partial charge in [0.05, 0.1) is 0 Å². The summed E-state index contributed by atoms with van der Waals surface area (Å²) in [6, 6.07) is 9.34. The zero-order valence-corrected chi connectivity index (χ0v) is 15.1. The van der Waals surface area contributed by atoms with Crippen LogP contribution in [0.3, 0.4) is 0 Å². The molecule has 5 heteroatoms. The van der Waals surface area contributed by atoms with E-state index in [1.54, 1.807) is 11.8 Å². The summed E-state index contributed by atoms with van der Waals surface area (Å²) in [7, 11) is 0. The van der Waals surface area contributed by atoms with E-state index in [0.29, 0.717) is 17.1 Å². The van der Waals surface area contributed by atoms with Crippen molar-refractivity contribution < 1.29 is 5.11 Å². The topological polar surface area (TPSA) is 50.9 Å². The fraction of sp³-hybridized carbons (Fsp3) is 0.556. The van der Waals surface area contributed by atoms with Crippen molar-refractivity contribution in [2.24, 2.45) is 0 Å². The molecular formula is C18H25N3OS. The molecule has 1 unspecified atom stereocenters. The molecule has 23 heavy (non-hydrogen) atoms. The highest BCUT2D eigenvalue weighted by Crippen LogP contribution is 2.42. The van der Waals surface area contributed by atoms with E-state index >= 15 is 0 Å². The first-order valence-corrected chi connectivity index (χ1v) is 9.10. The molecule has 0 bridgehead atoms. The number of hydrogen-bond donors (Lipinski definition) is 1. The van der Waals surface area contributed by atoms with Crippen LogP contribution in [-0.2, 0) is 12.0 Å². The predicted octanol–water partition coefficient (Wildman–Crippen LogP) is 4.26. The molecule has 1 heterocycles. The van der Waals surface area contributed by atoms with Crippen LogP contribution in [0.2, 0.25) is 0 Å². The van der Waals surface area contributed by atoms with E-state index in [1.807, 2.05) is 0 Å². The van der Waals surface area contributed by atoms with E-state index in [-0.39, 0.29) is 12.0 Å². The van der Waals surface area contributed by atoms with Gasteiger partial charge in [0.15, 0.2) is 11.0 Å². The van der Waals surface area contributed by atoms with Crippen LogP contribution in [0.1, 0.15) is 68.8 Å². The molecule has 1 saturated carbocycles. The molecule has 0 saturated heterocycles. The van der Waals surface area contributed by atoms with Crippen LogP contribution in [-0.4, -0.2) is 19.9 Å². The van der Waals surface area contributed by atoms with Crippen LogP contribution in [0.15, 0.2) is 29.4 Å². The third-order valence-corrected chi connectivity index (χ3v) is 5.43. The van der Waals surface area contributed by atoms with Crippen LogP contribution in [0, 0.1) is 0 Å². The highest BCUT2D eigenvalue weighted by molar-refractivity contribution is 7.99. The Morgan fingerprint density at radius 1 is 1.22 bits per heavy atom. The van der Waals surface area contributed by atoms with Gasteiger partial charge in [-0.25, -0.2) is 0 Å². The summed E-state index contributed by atoms with van der Waals surface area (Å²) in [5, 5.41) is 19.1. The van der Waals surface area contributed by atoms with Crippen molar-refractivity contribution in [3.8, 4) is 0 Å². The SMILES string of the molecule is CC(Sc1nnc(CO)n1C1CC1)c1ccc(C(C)(C)C)cc1. The lowest BCUT2D eigenvalue weighted by molar-refractivity contribution is 0.263. The fourth-order valence-corrected chi connectivity index (χ4v) is 3.74. The summed E-state index contributed by atoms with van der Waals surface area (Å²) in [5.74, 6) is 0.685. The first kappa shape index (κ1) is 16.5. The second kappa shape index (κ2) is 6.29. The summed E-state index contributed by atoms with van der Waals surface area (Å²) in [5.41, 5.74) is 2.82. The molecule has 1 fully saturated rings. The lowest BCUT2D eigenvalue weighted by Crippen LogP contribution is -2.10. The van der Waals surface area contributed by atoms with Gasteiger partial charge in [-0.15, -0.1) is 10.2 Å². The van der Waals surface area contributed by atoms with Gasteiger partial charge in [0.2, 0.25) is 0 Å². The van der Waals surface area contributed by atoms with E-state index in [4.69, 9.17) is 0 Å². The number of benzene rings is 1. The Balaban J connectivity index is 1.77. The summed E-state index contributed by atoms with van der Waals surface area (Å²) in [6.07, 6.45) is 2.32. The molecule has 2 aromatic rings. The maximum Gasteiger partial charge on any atom is 0.192 e. The largest absolute Gasteiger partial charge is 0.388 e. The molecule has 0 aliphatic heterocycles. The molecular weight excluding hydrogens is 306 g/mol. The molecule has 1 aliphatic rings. The zero-order valence-electron chi connectivity index (χ0n) is 14.3. The van der Waals surface area contributed by atoms with Gasteiger partial charge in [0.25, 0.3) is 0 Å². The van der Waals surface area contributed by atoms with Gasteiger partial charge < -0.3 is 9.67 Å². The van der Waals surface area contributed by atoms with Crippen LogP contribution in [0.4, 0.5) is 0 Å². The smallest absolute Gasteiger partial charge is 0.192 e. The second-order valence-electron chi connectivity index (χ2n) is 7.29. The van der Waals surface area contributed by atoms with Crippen LogP contribution >= 0.6 is 11.8 Å². The van der Waals surface area contributed by atoms with E-state index < -0.39 is 0 Å². The Hall–Kier alpha value is -1.33. The molecule has 1 aromatic carbocycles. The van der Waals surface area contributed by atoms with Crippen molar-refractivity contribution >= 4 is 11.8 Å². The Bertz CT molecular complexity index is 669. The number of hydrogen-bond acceptors (Lipinski definition) is 4. The monoisotopic (exact) mass is 331 g/mol. The third kappa shape index (κ3) is 3.61. The van der Waals surface area contributed by atoms with E-state index in [0.717, 1.165) is 18.0 Å². The average molecular weight is 331 g/mol. The number of aliphatic hydroxyl groups is 1. The average Bonchev–Trinajstić information content (AvgIpc) is 3.27. The first-order chi connectivity index (χ1) is 10.9. The highest BCUT2D eigenvalue weighted by atomic mass is 32.2. The molecule has 1 aromatic heterocycles. The van der Waals surface area contributed by atoms with Crippen LogP contribution in [0.25, 0.3) is 0 Å². The number of aliphatic hydroxyl groups excluding tert-OH is 1. The fourth-order valence-electron chi connectivity index (χ4n) is 2.68. The number of rotatable bonds is 5. The highest BCUT2D eigenvalue weighted by Gasteiger charge is 2.30. The van der Waals surface area contributed by atoms with Crippen LogP contribution < -0.4 is 0 Å². The first-order valence-electron chi connectivity index (χ1n) is 8.22. The maximum absolute atomic E-state index is 9.43. The van der Waals surface area contributed by atoms with Crippen molar-refractivity contribution in [1.82, 2.24) is 14.8 Å². The lowest BCUT2D eigenvalue weighted by atomic mass is 9.86. The van der Waals surface area contributed by atoms with Crippen molar-refractivity contribution in [3.63, 3.8) is 0 Å². The molecule has 1 aliphatic carbocycles. The summed E-state index contributed by atoms with van der Waals surface area (Å²) >= 11 is 1.72. The molecule has 0 spiro atoms. The molecule has 0 radical (unpaired) electrons. The van der Waals surface area contributed by atoms with Crippen molar-refractivity contribution in [1.29, 1.82) is 0 Å². The van der Waals surface area contributed by atoms with Gasteiger partial charge in [-0.05, 0) is 36.3 Å². The van der Waals surface area contributed by atoms with Gasteiger partial charge in [-0.1, -0.05) is 56.8 Å². The molecule has 1 atom stereocenters. The van der Waals surface area contributed by atoms with Crippen molar-refractivity contribution in [2.75, 3.05) is 0 Å². The minimum absolute atomic E-state index is 0.0429. The van der Waals surface area contributed by atoms with E-state index in [1.165, 1.54) is 11.1 Å². The summed E-state index contributed by atoms with van der Waals surface area (Å²) in [6.45, 7) is 8.85. The number of thioether (sulfide) groups is 1. The normalized spacial score (nSPS) is 16.6. The Kier molecular flexibility index (Phi) is 4.52. The maximum atomic E-state index is 9.43. The van der Waals surface area contributed by atoms with E-state index in [2.05, 4.69) is 66.7 Å². The van der Waals surface area contributed by atoms with Gasteiger partial charge in [0.1, 0.15) is 6.61 Å². The standard InChI is InChI=1S/C18H25N3OS/c1-12(13-5-7-14(8-6-13)18(2,3)4)23-17-20-19-16(11-22)21(17)15-9-10-15/h5-8,12,15,22H,9-11H2,1-4H3. The van der Waals surface area contributed by atoms with Crippen molar-refractivity contribution in [2.45, 2.75) is 69.0 Å². The summed E-state index contributed by atoms with van der Waals surface area (Å²) in [4.78, 5) is 0. The van der Waals surface area contributed by atoms with Gasteiger partial charge in [-0.2, -0.15) is 0 Å². The lowest BCUT2D eigenvalue weighted by Gasteiger charge is -2.20. The van der Waals surface area contributed by atoms with Crippen molar-refractivity contribution in [3.05, 3.63) is 41.2 Å². The van der Waals surface area contributed by atoms with Gasteiger partial charge in [-0.3, -0.25) is 0 Å². The quantitative estimate of drug-likeness (QED) is 0.832. The minimum Gasteiger partial charge on any atom is -0.388 e. The molecule has 4 nitrogen and oxygen atoms in total. The Morgan fingerprint density at radius 3 is 2.39 bits per heavy atom. The number of aromatic nitrogens is 3. The Labute approximate surface area is 142 Å².